The van der Waals surface area contributed by atoms with Crippen LogP contribution in [0.15, 0.2) is 60.7 Å². The lowest BCUT2D eigenvalue weighted by Gasteiger charge is -2.34. The maximum atomic E-state index is 12.4. The van der Waals surface area contributed by atoms with E-state index in [0.29, 0.717) is 18.7 Å². The third kappa shape index (κ3) is 4.58. The zero-order chi connectivity index (χ0) is 18.4. The molecule has 1 aliphatic heterocycles. The molecule has 1 N–H and O–H groups in total. The van der Waals surface area contributed by atoms with Crippen LogP contribution in [0, 0.1) is 5.92 Å². The molecule has 1 unspecified atom stereocenters. The van der Waals surface area contributed by atoms with Crippen LogP contribution in [-0.2, 0) is 4.79 Å². The number of rotatable bonds is 6. The molecule has 4 heteroatoms. The summed E-state index contributed by atoms with van der Waals surface area (Å²) in [5.74, 6) is 0.211. The van der Waals surface area contributed by atoms with Gasteiger partial charge in [-0.3, -0.25) is 9.59 Å². The lowest BCUT2D eigenvalue weighted by molar-refractivity contribution is -0.133. The number of carbonyl (C=O) groups excluding carboxylic acids is 2. The van der Waals surface area contributed by atoms with Crippen LogP contribution in [0.1, 0.15) is 47.7 Å². The third-order valence-electron chi connectivity index (χ3n) is 5.14. The predicted octanol–water partition coefficient (Wildman–Crippen LogP) is 3.62. The summed E-state index contributed by atoms with van der Waals surface area (Å²) in [6.45, 7) is 1.29. The Morgan fingerprint density at radius 1 is 0.923 bits per heavy atom. The van der Waals surface area contributed by atoms with Crippen LogP contribution in [0.25, 0.3) is 0 Å². The second-order valence-electron chi connectivity index (χ2n) is 6.86. The van der Waals surface area contributed by atoms with Gasteiger partial charge in [-0.05, 0) is 24.3 Å². The number of piperidine rings is 1. The summed E-state index contributed by atoms with van der Waals surface area (Å²) in [6, 6.07) is 18.8. The second kappa shape index (κ2) is 8.77. The van der Waals surface area contributed by atoms with Crippen LogP contribution in [0.3, 0.4) is 0 Å². The van der Waals surface area contributed by atoms with E-state index in [9.17, 15) is 14.7 Å². The van der Waals surface area contributed by atoms with E-state index >= 15 is 0 Å². The van der Waals surface area contributed by atoms with Crippen molar-refractivity contribution < 1.29 is 14.7 Å². The van der Waals surface area contributed by atoms with Gasteiger partial charge < -0.3 is 10.0 Å². The molecule has 2 aromatic rings. The van der Waals surface area contributed by atoms with E-state index in [4.69, 9.17) is 0 Å². The first-order chi connectivity index (χ1) is 12.6. The number of carbonyl (C=O) groups is 2. The van der Waals surface area contributed by atoms with E-state index in [2.05, 4.69) is 0 Å². The molecule has 0 bridgehead atoms. The SMILES string of the molecule is O=C(CCC(=O)N1CCC(C(O)c2ccccc2)CC1)c1ccccc1. The number of Topliss-reactive ketones (excluding diaryl/α,β-unsaturated/α-hetero) is 1. The van der Waals surface area contributed by atoms with Crippen LogP contribution in [0.2, 0.25) is 0 Å². The van der Waals surface area contributed by atoms with Gasteiger partial charge in [0.15, 0.2) is 5.78 Å². The van der Waals surface area contributed by atoms with Gasteiger partial charge in [-0.15, -0.1) is 0 Å². The highest BCUT2D eigenvalue weighted by Crippen LogP contribution is 2.30. The molecule has 1 aliphatic rings. The molecule has 26 heavy (non-hydrogen) atoms. The van der Waals surface area contributed by atoms with E-state index in [1.165, 1.54) is 0 Å². The van der Waals surface area contributed by atoms with E-state index in [-0.39, 0.29) is 30.4 Å². The molecule has 1 fully saturated rings. The maximum absolute atomic E-state index is 12.4. The lowest BCUT2D eigenvalue weighted by Crippen LogP contribution is -2.39. The van der Waals surface area contributed by atoms with E-state index in [1.807, 2.05) is 53.4 Å². The van der Waals surface area contributed by atoms with Crippen molar-refractivity contribution in [2.45, 2.75) is 31.8 Å². The number of likely N-dealkylation sites (tertiary alicyclic amines) is 1. The van der Waals surface area contributed by atoms with Gasteiger partial charge in [0, 0.05) is 31.5 Å². The Morgan fingerprint density at radius 3 is 2.12 bits per heavy atom. The first kappa shape index (κ1) is 18.3. The quantitative estimate of drug-likeness (QED) is 0.809. The topological polar surface area (TPSA) is 57.6 Å². The monoisotopic (exact) mass is 351 g/mol. The van der Waals surface area contributed by atoms with Gasteiger partial charge in [-0.25, -0.2) is 0 Å². The van der Waals surface area contributed by atoms with Crippen molar-refractivity contribution in [3.05, 3.63) is 71.8 Å². The fraction of sp³-hybridized carbons (Fsp3) is 0.364. The fourth-order valence-corrected chi connectivity index (χ4v) is 3.53. The fourth-order valence-electron chi connectivity index (χ4n) is 3.53. The molecule has 0 radical (unpaired) electrons. The summed E-state index contributed by atoms with van der Waals surface area (Å²) in [4.78, 5) is 26.3. The standard InChI is InChI=1S/C22H25NO3/c24-20(17-7-3-1-4-8-17)11-12-21(25)23-15-13-19(14-16-23)22(26)18-9-5-2-6-10-18/h1-10,19,22,26H,11-16H2. The Hall–Kier alpha value is -2.46. The summed E-state index contributed by atoms with van der Waals surface area (Å²) in [5.41, 5.74) is 1.59. The van der Waals surface area contributed by atoms with E-state index in [0.717, 1.165) is 18.4 Å². The summed E-state index contributed by atoms with van der Waals surface area (Å²) in [7, 11) is 0. The van der Waals surface area contributed by atoms with Gasteiger partial charge in [0.2, 0.25) is 5.91 Å². The molecule has 1 saturated heterocycles. The van der Waals surface area contributed by atoms with Gasteiger partial charge in [-0.2, -0.15) is 0 Å². The molecule has 0 aromatic heterocycles. The number of aliphatic hydroxyl groups is 1. The maximum Gasteiger partial charge on any atom is 0.223 e. The Morgan fingerprint density at radius 2 is 1.50 bits per heavy atom. The number of amides is 1. The zero-order valence-corrected chi connectivity index (χ0v) is 14.9. The summed E-state index contributed by atoms with van der Waals surface area (Å²) >= 11 is 0. The minimum Gasteiger partial charge on any atom is -0.388 e. The Labute approximate surface area is 154 Å². The lowest BCUT2D eigenvalue weighted by atomic mass is 9.87. The van der Waals surface area contributed by atoms with Gasteiger partial charge in [0.1, 0.15) is 0 Å². The van der Waals surface area contributed by atoms with Crippen molar-refractivity contribution in [3.8, 4) is 0 Å². The number of aliphatic hydroxyl groups excluding tert-OH is 1. The smallest absolute Gasteiger partial charge is 0.223 e. The molecular weight excluding hydrogens is 326 g/mol. The Balaban J connectivity index is 1.46. The van der Waals surface area contributed by atoms with Crippen molar-refractivity contribution in [3.63, 3.8) is 0 Å². The van der Waals surface area contributed by atoms with Gasteiger partial charge in [0.05, 0.1) is 6.10 Å². The van der Waals surface area contributed by atoms with Crippen molar-refractivity contribution >= 4 is 11.7 Å². The number of hydrogen-bond acceptors (Lipinski definition) is 3. The molecule has 0 spiro atoms. The van der Waals surface area contributed by atoms with Crippen LogP contribution in [-0.4, -0.2) is 34.8 Å². The van der Waals surface area contributed by atoms with E-state index < -0.39 is 6.10 Å². The molecule has 0 saturated carbocycles. The Bertz CT molecular complexity index is 722. The summed E-state index contributed by atoms with van der Waals surface area (Å²) < 4.78 is 0. The Kier molecular flexibility index (Phi) is 6.18. The average molecular weight is 351 g/mol. The molecule has 136 valence electrons. The van der Waals surface area contributed by atoms with Gasteiger partial charge in [-0.1, -0.05) is 60.7 Å². The highest BCUT2D eigenvalue weighted by atomic mass is 16.3. The van der Waals surface area contributed by atoms with E-state index in [1.54, 1.807) is 12.1 Å². The molecule has 1 amide bonds. The molecule has 4 nitrogen and oxygen atoms in total. The largest absolute Gasteiger partial charge is 0.388 e. The third-order valence-corrected chi connectivity index (χ3v) is 5.14. The molecule has 3 rings (SSSR count). The van der Waals surface area contributed by atoms with Crippen LogP contribution < -0.4 is 0 Å². The molecule has 0 aliphatic carbocycles. The van der Waals surface area contributed by atoms with Crippen molar-refractivity contribution in [2.24, 2.45) is 5.92 Å². The van der Waals surface area contributed by atoms with Crippen LogP contribution >= 0.6 is 0 Å². The molecule has 1 heterocycles. The van der Waals surface area contributed by atoms with Crippen molar-refractivity contribution in [1.29, 1.82) is 0 Å². The molecule has 2 aromatic carbocycles. The first-order valence-electron chi connectivity index (χ1n) is 9.24. The number of nitrogens with zero attached hydrogens (tertiary/aromatic N) is 1. The average Bonchev–Trinajstić information content (AvgIpc) is 2.72. The van der Waals surface area contributed by atoms with Gasteiger partial charge >= 0.3 is 0 Å². The second-order valence-corrected chi connectivity index (χ2v) is 6.86. The number of benzene rings is 2. The van der Waals surface area contributed by atoms with Crippen LogP contribution in [0.4, 0.5) is 0 Å². The molecule has 1 atom stereocenters. The predicted molar refractivity (Wildman–Crippen MR) is 101 cm³/mol. The first-order valence-corrected chi connectivity index (χ1v) is 9.24. The highest BCUT2D eigenvalue weighted by molar-refractivity contribution is 5.97. The van der Waals surface area contributed by atoms with Crippen LogP contribution in [0.5, 0.6) is 0 Å². The summed E-state index contributed by atoms with van der Waals surface area (Å²) in [6.07, 6.45) is 1.59. The summed E-state index contributed by atoms with van der Waals surface area (Å²) in [5, 5.41) is 10.5. The normalized spacial score (nSPS) is 16.3. The minimum absolute atomic E-state index is 0.00772. The van der Waals surface area contributed by atoms with Gasteiger partial charge in [0.25, 0.3) is 0 Å². The highest BCUT2D eigenvalue weighted by Gasteiger charge is 2.28. The van der Waals surface area contributed by atoms with Crippen molar-refractivity contribution in [1.82, 2.24) is 4.90 Å². The van der Waals surface area contributed by atoms with Crippen molar-refractivity contribution in [2.75, 3.05) is 13.1 Å². The zero-order valence-electron chi connectivity index (χ0n) is 14.9. The number of hydrogen-bond donors (Lipinski definition) is 1. The minimum atomic E-state index is -0.479. The molecular formula is C22H25NO3. The number of ketones is 1.